The maximum Gasteiger partial charge on any atom is 0.107 e. The molecule has 1 aromatic heterocycles. The molecule has 0 saturated heterocycles. The Hall–Kier alpha value is -3.58. The predicted molar refractivity (Wildman–Crippen MR) is 152 cm³/mol. The number of nitrogens with zero attached hydrogens (tertiary/aromatic N) is 3. The number of hydrogen-bond acceptors (Lipinski definition) is 3. The fourth-order valence-electron chi connectivity index (χ4n) is 6.86. The van der Waals surface area contributed by atoms with Crippen LogP contribution >= 0.6 is 0 Å². The smallest absolute Gasteiger partial charge is 0.107 e. The molecule has 2 aliphatic carbocycles. The Morgan fingerprint density at radius 2 is 1.57 bits per heavy atom. The van der Waals surface area contributed by atoms with E-state index in [1.807, 2.05) is 30.5 Å². The van der Waals surface area contributed by atoms with Crippen molar-refractivity contribution in [2.75, 3.05) is 0 Å². The van der Waals surface area contributed by atoms with Gasteiger partial charge in [-0.1, -0.05) is 72.7 Å². The Kier molecular flexibility index (Phi) is 5.40. The molecule has 2 heterocycles. The van der Waals surface area contributed by atoms with Gasteiger partial charge in [0.2, 0.25) is 0 Å². The van der Waals surface area contributed by atoms with E-state index >= 15 is 0 Å². The van der Waals surface area contributed by atoms with E-state index in [-0.39, 0.29) is 22.2 Å². The summed E-state index contributed by atoms with van der Waals surface area (Å²) in [5, 5.41) is 18.0. The Morgan fingerprint density at radius 1 is 0.919 bits per heavy atom. The molecule has 2 atom stereocenters. The highest BCUT2D eigenvalue weighted by Crippen LogP contribution is 2.63. The topological polar surface area (TPSA) is 72.9 Å². The van der Waals surface area contributed by atoms with Crippen molar-refractivity contribution in [3.63, 3.8) is 0 Å². The van der Waals surface area contributed by atoms with Crippen molar-refractivity contribution >= 4 is 12.1 Å². The summed E-state index contributed by atoms with van der Waals surface area (Å²) in [7, 11) is 0. The zero-order valence-electron chi connectivity index (χ0n) is 23.2. The molecule has 1 N–H and O–H groups in total. The van der Waals surface area contributed by atoms with Gasteiger partial charge in [-0.2, -0.15) is 5.26 Å². The third kappa shape index (κ3) is 3.10. The normalized spacial score (nSPS) is 25.4. The second kappa shape index (κ2) is 7.96. The van der Waals surface area contributed by atoms with Crippen LogP contribution in [0.2, 0.25) is 0 Å². The number of hydrogen-bond donors (Lipinski definition) is 1. The van der Waals surface area contributed by atoms with Gasteiger partial charge >= 0.3 is 0 Å². The summed E-state index contributed by atoms with van der Waals surface area (Å²) in [5.41, 5.74) is 8.52. The number of rotatable bonds is 2. The summed E-state index contributed by atoms with van der Waals surface area (Å²) in [6, 6.07) is 19.2. The molecule has 2 bridgehead atoms. The molecule has 4 nitrogen and oxygen atoms in total. The first-order valence-electron chi connectivity index (χ1n) is 13.1. The van der Waals surface area contributed by atoms with Gasteiger partial charge in [0, 0.05) is 22.7 Å². The predicted octanol–water partition coefficient (Wildman–Crippen LogP) is 7.69. The number of aliphatic imine (C=N–C) groups is 1. The van der Waals surface area contributed by atoms with Crippen molar-refractivity contribution in [3.8, 4) is 17.3 Å². The van der Waals surface area contributed by atoms with Crippen LogP contribution in [0.25, 0.3) is 11.3 Å². The van der Waals surface area contributed by atoms with Crippen molar-refractivity contribution in [3.05, 3.63) is 88.1 Å². The Bertz CT molecular complexity index is 1500. The van der Waals surface area contributed by atoms with E-state index in [1.54, 1.807) is 0 Å². The van der Waals surface area contributed by atoms with Crippen molar-refractivity contribution < 1.29 is 0 Å². The molecule has 4 heteroatoms. The average molecular weight is 489 g/mol. The van der Waals surface area contributed by atoms with Gasteiger partial charge in [-0.3, -0.25) is 10.4 Å². The van der Waals surface area contributed by atoms with Gasteiger partial charge in [0.15, 0.2) is 0 Å². The van der Waals surface area contributed by atoms with E-state index in [0.29, 0.717) is 5.56 Å². The Morgan fingerprint density at radius 3 is 2.16 bits per heavy atom. The number of benzene rings is 2. The Balaban J connectivity index is 1.92. The van der Waals surface area contributed by atoms with E-state index < -0.39 is 5.41 Å². The molecule has 37 heavy (non-hydrogen) atoms. The maximum absolute atomic E-state index is 10.1. The van der Waals surface area contributed by atoms with E-state index in [4.69, 9.17) is 10.4 Å². The van der Waals surface area contributed by atoms with E-state index in [2.05, 4.69) is 90.7 Å². The molecule has 188 valence electrons. The highest BCUT2D eigenvalue weighted by atomic mass is 14.8. The van der Waals surface area contributed by atoms with Crippen molar-refractivity contribution in [1.29, 1.82) is 10.7 Å². The number of fused-ring (bicyclic) bond motifs is 5. The van der Waals surface area contributed by atoms with Gasteiger partial charge in [0.25, 0.3) is 0 Å². The van der Waals surface area contributed by atoms with Crippen LogP contribution in [0.1, 0.15) is 94.7 Å². The first-order valence-corrected chi connectivity index (χ1v) is 13.1. The second-order valence-corrected chi connectivity index (χ2v) is 12.5. The molecule has 2 unspecified atom stereocenters. The van der Waals surface area contributed by atoms with Crippen LogP contribution < -0.4 is 0 Å². The van der Waals surface area contributed by atoms with Crippen LogP contribution in [0.15, 0.2) is 59.7 Å². The second-order valence-electron chi connectivity index (χ2n) is 12.5. The molecule has 0 spiro atoms. The number of aromatic nitrogens is 1. The standard InChI is InChI=1S/C33H36N4/c1-20-23-15-26-27(31(4,5)32(6,7)30(26,2)3)16-24(23)28-14-13-22(18-36-28)29(37-19-35)33(20,8)25-12-10-9-11-21(25)17-34/h9-16,18-20,35H,1-8H3. The molecule has 0 radical (unpaired) electrons. The van der Waals surface area contributed by atoms with Crippen LogP contribution in [0.3, 0.4) is 0 Å². The van der Waals surface area contributed by atoms with Crippen molar-refractivity contribution in [2.24, 2.45) is 10.4 Å². The van der Waals surface area contributed by atoms with Gasteiger partial charge in [0.1, 0.15) is 6.34 Å². The zero-order valence-corrected chi connectivity index (χ0v) is 23.2. The molecule has 0 saturated carbocycles. The maximum atomic E-state index is 10.1. The summed E-state index contributed by atoms with van der Waals surface area (Å²) in [6.45, 7) is 18.6. The minimum atomic E-state index is -0.674. The quantitative estimate of drug-likeness (QED) is 0.297. The lowest BCUT2D eigenvalue weighted by Gasteiger charge is -2.44. The third-order valence-corrected chi connectivity index (χ3v) is 10.6. The summed E-state index contributed by atoms with van der Waals surface area (Å²) in [6.07, 6.45) is 2.98. The minimum absolute atomic E-state index is 0.0218. The molecule has 3 aliphatic rings. The molecule has 0 fully saturated rings. The Labute approximate surface area is 221 Å². The molecular weight excluding hydrogens is 452 g/mol. The molecule has 0 amide bonds. The largest absolute Gasteiger partial charge is 0.290 e. The fraction of sp³-hybridized carbons (Fsp3) is 0.394. The highest BCUT2D eigenvalue weighted by Gasteiger charge is 2.57. The number of pyridine rings is 1. The first kappa shape index (κ1) is 25.1. The molecule has 1 aliphatic heterocycles. The van der Waals surface area contributed by atoms with Gasteiger partial charge in [-0.25, -0.2) is 4.99 Å². The zero-order chi connectivity index (χ0) is 27.0. The molecular formula is C33H36N4. The van der Waals surface area contributed by atoms with E-state index in [9.17, 15) is 5.26 Å². The van der Waals surface area contributed by atoms with Gasteiger partial charge in [-0.15, -0.1) is 0 Å². The van der Waals surface area contributed by atoms with Crippen LogP contribution in [0, 0.1) is 22.2 Å². The van der Waals surface area contributed by atoms with Crippen molar-refractivity contribution in [2.45, 2.75) is 77.6 Å². The summed E-state index contributed by atoms with van der Waals surface area (Å²) in [4.78, 5) is 9.55. The van der Waals surface area contributed by atoms with E-state index in [0.717, 1.165) is 34.4 Å². The van der Waals surface area contributed by atoms with Gasteiger partial charge < -0.3 is 0 Å². The lowest BCUT2D eigenvalue weighted by Crippen LogP contribution is -2.42. The fourth-order valence-corrected chi connectivity index (χ4v) is 6.86. The van der Waals surface area contributed by atoms with Crippen molar-refractivity contribution in [1.82, 2.24) is 4.98 Å². The minimum Gasteiger partial charge on any atom is -0.290 e. The number of nitriles is 1. The monoisotopic (exact) mass is 488 g/mol. The van der Waals surface area contributed by atoms with Gasteiger partial charge in [0.05, 0.1) is 23.0 Å². The third-order valence-electron chi connectivity index (χ3n) is 10.6. The van der Waals surface area contributed by atoms with E-state index in [1.165, 1.54) is 16.7 Å². The molecule has 3 aromatic rings. The summed E-state index contributed by atoms with van der Waals surface area (Å²) in [5.74, 6) is -0.0461. The van der Waals surface area contributed by atoms with Crippen LogP contribution in [-0.2, 0) is 16.2 Å². The lowest BCUT2D eigenvalue weighted by molar-refractivity contribution is 0.125. The van der Waals surface area contributed by atoms with Crippen LogP contribution in [-0.4, -0.2) is 17.0 Å². The highest BCUT2D eigenvalue weighted by molar-refractivity contribution is 6.11. The molecule has 6 rings (SSSR count). The SMILES string of the molecule is CC1c2cc3c(cc2-c2ccc(cn2)C(=NC=N)C1(C)c1ccccc1C#N)C(C)(C)C(C)(C)C3(C)C. The average Bonchev–Trinajstić information content (AvgIpc) is 3.02. The molecule has 2 aromatic carbocycles. The number of nitrogens with one attached hydrogen (secondary N) is 1. The van der Waals surface area contributed by atoms with Gasteiger partial charge in [-0.05, 0) is 75.6 Å². The summed E-state index contributed by atoms with van der Waals surface area (Å²) >= 11 is 0. The first-order chi connectivity index (χ1) is 17.3. The summed E-state index contributed by atoms with van der Waals surface area (Å²) < 4.78 is 0. The van der Waals surface area contributed by atoms with Crippen LogP contribution in [0.4, 0.5) is 0 Å². The lowest BCUT2D eigenvalue weighted by atomic mass is 9.59. The van der Waals surface area contributed by atoms with Crippen LogP contribution in [0.5, 0.6) is 0 Å².